The molecule has 0 radical (unpaired) electrons. The minimum Gasteiger partial charge on any atom is -0.394 e. The molecular formula is C35H58N2O25. The van der Waals surface area contributed by atoms with E-state index in [9.17, 15) is 86.8 Å². The first kappa shape index (κ1) is 50.9. The van der Waals surface area contributed by atoms with Crippen molar-refractivity contribution in [3.63, 3.8) is 0 Å². The molecular weight excluding hydrogens is 848 g/mol. The van der Waals surface area contributed by atoms with E-state index in [1.807, 2.05) is 0 Å². The Morgan fingerprint density at radius 1 is 0.516 bits per heavy atom. The number of aliphatic hydroxyl groups is 17. The maximum absolute atomic E-state index is 11.5. The molecule has 358 valence electrons. The van der Waals surface area contributed by atoms with Gasteiger partial charge >= 0.3 is 0 Å². The van der Waals surface area contributed by atoms with Crippen molar-refractivity contribution in [3.05, 3.63) is 24.4 Å². The van der Waals surface area contributed by atoms with Crippen molar-refractivity contribution in [1.82, 2.24) is 4.98 Å². The predicted octanol–water partition coefficient (Wildman–Crippen LogP) is -10.8. The van der Waals surface area contributed by atoms with Gasteiger partial charge in [0.25, 0.3) is 0 Å². The van der Waals surface area contributed by atoms with Crippen molar-refractivity contribution >= 4 is 5.82 Å². The zero-order valence-electron chi connectivity index (χ0n) is 32.7. The second kappa shape index (κ2) is 22.9. The van der Waals surface area contributed by atoms with Gasteiger partial charge in [-0.05, 0) is 12.1 Å². The number of nitrogens with one attached hydrogen (secondary N) is 1. The van der Waals surface area contributed by atoms with Crippen LogP contribution in [0, 0.1) is 0 Å². The Labute approximate surface area is 352 Å². The Morgan fingerprint density at radius 2 is 0.935 bits per heavy atom. The minimum absolute atomic E-state index is 0.307. The summed E-state index contributed by atoms with van der Waals surface area (Å²) in [5.41, 5.74) is 0. The molecule has 1 aromatic rings. The predicted molar refractivity (Wildman–Crippen MR) is 194 cm³/mol. The van der Waals surface area contributed by atoms with Gasteiger partial charge in [0.1, 0.15) is 122 Å². The van der Waals surface area contributed by atoms with Crippen LogP contribution in [0.5, 0.6) is 0 Å². The summed E-state index contributed by atoms with van der Waals surface area (Å²) in [5.74, 6) is 0.307. The topological polar surface area (TPSA) is 443 Å². The highest BCUT2D eigenvalue weighted by Crippen LogP contribution is 2.35. The van der Waals surface area contributed by atoms with Gasteiger partial charge in [0.2, 0.25) is 0 Å². The van der Waals surface area contributed by atoms with Crippen LogP contribution in [-0.2, 0) is 37.9 Å². The number of ether oxygens (including phenoxy) is 8. The number of aromatic nitrogens is 1. The molecule has 5 heterocycles. The van der Waals surface area contributed by atoms with E-state index in [0.29, 0.717) is 5.82 Å². The molecule has 24 atom stereocenters. The summed E-state index contributed by atoms with van der Waals surface area (Å²) in [5, 5.41) is 182. The van der Waals surface area contributed by atoms with Crippen LogP contribution in [0.25, 0.3) is 0 Å². The molecule has 1 aromatic heterocycles. The van der Waals surface area contributed by atoms with Crippen LogP contribution < -0.4 is 5.32 Å². The van der Waals surface area contributed by atoms with Crippen LogP contribution in [0.1, 0.15) is 0 Å². The summed E-state index contributed by atoms with van der Waals surface area (Å²) in [6, 6.07) is 4.83. The minimum atomic E-state index is -2.20. The average molecular weight is 907 g/mol. The van der Waals surface area contributed by atoms with E-state index in [0.717, 1.165) is 0 Å². The van der Waals surface area contributed by atoms with Gasteiger partial charge in [-0.1, -0.05) is 6.07 Å². The summed E-state index contributed by atoms with van der Waals surface area (Å²) in [6.45, 7) is -5.19. The molecule has 4 fully saturated rings. The normalized spacial score (nSPS) is 43.7. The van der Waals surface area contributed by atoms with Gasteiger partial charge < -0.3 is 130 Å². The molecule has 0 spiro atoms. The zero-order chi connectivity index (χ0) is 45.6. The van der Waals surface area contributed by atoms with Gasteiger partial charge in [-0.3, -0.25) is 0 Å². The van der Waals surface area contributed by atoms with Crippen molar-refractivity contribution in [3.8, 4) is 0 Å². The maximum atomic E-state index is 11.5. The Morgan fingerprint density at radius 3 is 1.35 bits per heavy atom. The van der Waals surface area contributed by atoms with Crippen LogP contribution in [0.3, 0.4) is 0 Å². The van der Waals surface area contributed by atoms with Crippen LogP contribution in [-0.4, -0.2) is 279 Å². The van der Waals surface area contributed by atoms with E-state index >= 15 is 0 Å². The van der Waals surface area contributed by atoms with Gasteiger partial charge in [-0.25, -0.2) is 4.98 Å². The molecule has 18 N–H and O–H groups in total. The lowest BCUT2D eigenvalue weighted by Gasteiger charge is -2.49. The third-order valence-corrected chi connectivity index (χ3v) is 10.9. The van der Waals surface area contributed by atoms with E-state index in [1.54, 1.807) is 18.2 Å². The van der Waals surface area contributed by atoms with E-state index in [4.69, 9.17) is 37.9 Å². The van der Waals surface area contributed by atoms with Gasteiger partial charge in [0, 0.05) is 12.7 Å². The quantitative estimate of drug-likeness (QED) is 0.0613. The van der Waals surface area contributed by atoms with Crippen LogP contribution in [0.4, 0.5) is 5.82 Å². The highest BCUT2D eigenvalue weighted by Gasteiger charge is 2.56. The number of hydrogen-bond donors (Lipinski definition) is 18. The largest absolute Gasteiger partial charge is 0.394 e. The highest BCUT2D eigenvalue weighted by molar-refractivity contribution is 5.33. The molecule has 62 heavy (non-hydrogen) atoms. The van der Waals surface area contributed by atoms with E-state index < -0.39 is 180 Å². The molecule has 27 heteroatoms. The SMILES string of the molecule is OC[C@@H](O)[C@@H](O[C@@H]1O[C@H](CO)[C@H](O)[C@H](O[C@@H]2O[C@H](CO)[C@H](O)[C@H](O[C@@H]3O[C@H](CO)[C@H](O)[C@H](O[C@@H]4O[C@H](CO)[C@H](O)[C@H](O)[C@H]4O)[C@H]3O)[C@H]2O)[C@H]1O)[C@H](O)[C@@H](O)CNc1ccccn1. The standard InChI is InChI=1S/C35H58N2O25/c38-6-12(44)28(18(45)11(43)5-37-17-3-1-2-4-36-17)59-33-25(52)30(21(48)14(8-40)56-33)61-35-27(54)31(22(49)16(10-42)58-35)62-34-26(53)29(20(47)15(9-41)57-34)60-32-24(51)23(50)19(46)13(7-39)55-32/h1-4,11-16,18-35,38-54H,5-10H2,(H,36,37)/t11-,12+,13+,14+,15+,16+,18+,19-,20-,21-,22-,23-,24+,25+,26+,27+,28+,29-,30-,31-,32-,33-,34-,35-/m0/s1. The molecule has 0 bridgehead atoms. The second-order valence-corrected chi connectivity index (χ2v) is 15.1. The Kier molecular flexibility index (Phi) is 18.8. The molecule has 5 rings (SSSR count). The monoisotopic (exact) mass is 906 g/mol. The van der Waals surface area contributed by atoms with E-state index in [2.05, 4.69) is 10.3 Å². The number of rotatable bonds is 19. The number of pyridine rings is 1. The van der Waals surface area contributed by atoms with Crippen LogP contribution in [0.2, 0.25) is 0 Å². The number of hydrogen-bond acceptors (Lipinski definition) is 27. The Hall–Kier alpha value is -2.05. The van der Waals surface area contributed by atoms with Crippen molar-refractivity contribution in [2.75, 3.05) is 44.9 Å². The lowest BCUT2D eigenvalue weighted by atomic mass is 9.95. The van der Waals surface area contributed by atoms with Gasteiger partial charge in [-0.2, -0.15) is 0 Å². The van der Waals surface area contributed by atoms with Crippen LogP contribution in [0.15, 0.2) is 24.4 Å². The molecule has 4 aliphatic rings. The van der Waals surface area contributed by atoms with Crippen molar-refractivity contribution in [1.29, 1.82) is 0 Å². The summed E-state index contributed by atoms with van der Waals surface area (Å²) in [6.07, 6.45) is -44.6. The summed E-state index contributed by atoms with van der Waals surface area (Å²) < 4.78 is 44.4. The average Bonchev–Trinajstić information content (AvgIpc) is 3.27. The molecule has 0 unspecified atom stereocenters. The first-order valence-electron chi connectivity index (χ1n) is 19.6. The molecule has 0 aromatic carbocycles. The van der Waals surface area contributed by atoms with Crippen LogP contribution >= 0.6 is 0 Å². The summed E-state index contributed by atoms with van der Waals surface area (Å²) in [4.78, 5) is 4.02. The molecule has 0 saturated carbocycles. The van der Waals surface area contributed by atoms with Gasteiger partial charge in [0.05, 0.1) is 39.1 Å². The molecule has 4 saturated heterocycles. The molecule has 27 nitrogen and oxygen atoms in total. The third-order valence-electron chi connectivity index (χ3n) is 10.9. The summed E-state index contributed by atoms with van der Waals surface area (Å²) in [7, 11) is 0. The highest BCUT2D eigenvalue weighted by atomic mass is 16.8. The lowest BCUT2D eigenvalue weighted by molar-refractivity contribution is -0.392. The zero-order valence-corrected chi connectivity index (χ0v) is 32.7. The molecule has 0 amide bonds. The number of anilines is 1. The fourth-order valence-corrected chi connectivity index (χ4v) is 7.30. The summed E-state index contributed by atoms with van der Waals surface area (Å²) >= 11 is 0. The van der Waals surface area contributed by atoms with E-state index in [-0.39, 0.29) is 6.54 Å². The molecule has 0 aliphatic carbocycles. The Bertz CT molecular complexity index is 1460. The lowest BCUT2D eigenvalue weighted by Crippen LogP contribution is -2.68. The first-order chi connectivity index (χ1) is 29.5. The van der Waals surface area contributed by atoms with Crippen molar-refractivity contribution in [2.45, 2.75) is 147 Å². The number of nitrogens with zero attached hydrogens (tertiary/aromatic N) is 1. The Balaban J connectivity index is 1.32. The molecule has 4 aliphatic heterocycles. The first-order valence-corrected chi connectivity index (χ1v) is 19.6. The third kappa shape index (κ3) is 11.3. The maximum Gasteiger partial charge on any atom is 0.187 e. The van der Waals surface area contributed by atoms with Gasteiger partial charge in [-0.15, -0.1) is 0 Å². The number of aliphatic hydroxyl groups excluding tert-OH is 17. The smallest absolute Gasteiger partial charge is 0.187 e. The second-order valence-electron chi connectivity index (χ2n) is 15.1. The fourth-order valence-electron chi connectivity index (χ4n) is 7.30. The van der Waals surface area contributed by atoms with E-state index in [1.165, 1.54) is 6.20 Å². The van der Waals surface area contributed by atoms with Crippen molar-refractivity contribution in [2.24, 2.45) is 0 Å². The van der Waals surface area contributed by atoms with Gasteiger partial charge in [0.15, 0.2) is 25.2 Å². The van der Waals surface area contributed by atoms with Crippen molar-refractivity contribution < 1.29 is 125 Å². The fraction of sp³-hybridized carbons (Fsp3) is 0.857.